The lowest BCUT2D eigenvalue weighted by Crippen LogP contribution is -2.32. The summed E-state index contributed by atoms with van der Waals surface area (Å²) in [7, 11) is 0. The van der Waals surface area contributed by atoms with Crippen molar-refractivity contribution in [2.45, 2.75) is 25.4 Å². The first-order chi connectivity index (χ1) is 14.5. The number of hydrogen-bond donors (Lipinski definition) is 2. The van der Waals surface area contributed by atoms with E-state index >= 15 is 0 Å². The first kappa shape index (κ1) is 20.0. The first-order valence-electron chi connectivity index (χ1n) is 9.61. The van der Waals surface area contributed by atoms with Crippen LogP contribution in [-0.2, 0) is 4.79 Å². The summed E-state index contributed by atoms with van der Waals surface area (Å²) < 4.78 is 19.0. The molecule has 2 N–H and O–H groups in total. The Balaban J connectivity index is 1.51. The van der Waals surface area contributed by atoms with Gasteiger partial charge in [-0.25, -0.2) is 4.39 Å². The lowest BCUT2D eigenvalue weighted by molar-refractivity contribution is -0.116. The molecule has 1 saturated heterocycles. The van der Waals surface area contributed by atoms with Gasteiger partial charge < -0.3 is 20.0 Å². The average Bonchev–Trinajstić information content (AvgIpc) is 3.31. The van der Waals surface area contributed by atoms with E-state index in [4.69, 9.17) is 16.6 Å². The number of nitrogens with one attached hydrogen (secondary N) is 2. The Labute approximate surface area is 179 Å². The van der Waals surface area contributed by atoms with Crippen molar-refractivity contribution >= 4 is 28.9 Å². The maximum atomic E-state index is 13.0. The van der Waals surface area contributed by atoms with E-state index in [0.29, 0.717) is 17.3 Å². The standard InChI is InChI=1S/C22H21FN4O2S/c1-14-5-10-18(29-14)21-20(17-4-2-3-12-24-17)26-22(30)27(21)13-11-19(28)25-16-8-6-15(23)7-9-16/h2-10,12,20-21H,11,13H2,1H3,(H,25,28)(H,26,30). The Morgan fingerprint density at radius 2 is 2.03 bits per heavy atom. The quantitative estimate of drug-likeness (QED) is 0.580. The second kappa shape index (κ2) is 8.62. The predicted molar refractivity (Wildman–Crippen MR) is 115 cm³/mol. The van der Waals surface area contributed by atoms with Gasteiger partial charge in [0.25, 0.3) is 0 Å². The number of aromatic nitrogens is 1. The molecule has 2 aromatic heterocycles. The van der Waals surface area contributed by atoms with Gasteiger partial charge in [-0.15, -0.1) is 0 Å². The van der Waals surface area contributed by atoms with Crippen LogP contribution >= 0.6 is 12.2 Å². The van der Waals surface area contributed by atoms with E-state index in [-0.39, 0.29) is 30.2 Å². The molecule has 6 nitrogen and oxygen atoms in total. The summed E-state index contributed by atoms with van der Waals surface area (Å²) in [5.74, 6) is 1.03. The predicted octanol–water partition coefficient (Wildman–Crippen LogP) is 4.12. The van der Waals surface area contributed by atoms with Crippen molar-refractivity contribution in [2.24, 2.45) is 0 Å². The largest absolute Gasteiger partial charge is 0.464 e. The second-order valence-corrected chi connectivity index (χ2v) is 7.46. The molecule has 0 bridgehead atoms. The number of nitrogens with zero attached hydrogens (tertiary/aromatic N) is 2. The topological polar surface area (TPSA) is 70.4 Å². The maximum absolute atomic E-state index is 13.0. The Hall–Kier alpha value is -3.26. The Morgan fingerprint density at radius 1 is 1.23 bits per heavy atom. The van der Waals surface area contributed by atoms with E-state index in [2.05, 4.69) is 15.6 Å². The minimum Gasteiger partial charge on any atom is -0.464 e. The van der Waals surface area contributed by atoms with Gasteiger partial charge in [0.15, 0.2) is 5.11 Å². The molecule has 2 unspecified atom stereocenters. The van der Waals surface area contributed by atoms with Gasteiger partial charge in [0.1, 0.15) is 23.4 Å². The zero-order valence-electron chi connectivity index (χ0n) is 16.3. The molecule has 30 heavy (non-hydrogen) atoms. The summed E-state index contributed by atoms with van der Waals surface area (Å²) >= 11 is 5.57. The number of furan rings is 1. The molecule has 154 valence electrons. The van der Waals surface area contributed by atoms with Crippen LogP contribution in [0, 0.1) is 12.7 Å². The van der Waals surface area contributed by atoms with Gasteiger partial charge in [-0.2, -0.15) is 0 Å². The normalized spacial score (nSPS) is 18.3. The molecule has 1 aromatic carbocycles. The maximum Gasteiger partial charge on any atom is 0.226 e. The van der Waals surface area contributed by atoms with Crippen molar-refractivity contribution in [2.75, 3.05) is 11.9 Å². The van der Waals surface area contributed by atoms with Crippen LogP contribution in [0.1, 0.15) is 35.7 Å². The highest BCUT2D eigenvalue weighted by Crippen LogP contribution is 2.39. The van der Waals surface area contributed by atoms with Crippen LogP contribution < -0.4 is 10.6 Å². The molecule has 8 heteroatoms. The fourth-order valence-corrected chi connectivity index (χ4v) is 3.88. The zero-order valence-corrected chi connectivity index (χ0v) is 17.2. The smallest absolute Gasteiger partial charge is 0.226 e. The number of aryl methyl sites for hydroxylation is 1. The van der Waals surface area contributed by atoms with Gasteiger partial charge in [0.2, 0.25) is 5.91 Å². The van der Waals surface area contributed by atoms with Crippen LogP contribution in [0.2, 0.25) is 0 Å². The molecule has 3 aromatic rings. The lowest BCUT2D eigenvalue weighted by atomic mass is 10.0. The number of pyridine rings is 1. The third-order valence-corrected chi connectivity index (χ3v) is 5.31. The molecule has 1 amide bonds. The monoisotopic (exact) mass is 424 g/mol. The molecule has 0 saturated carbocycles. The van der Waals surface area contributed by atoms with Gasteiger partial charge in [-0.05, 0) is 67.7 Å². The number of anilines is 1. The molecule has 1 fully saturated rings. The van der Waals surface area contributed by atoms with Crippen LogP contribution in [0.25, 0.3) is 0 Å². The highest BCUT2D eigenvalue weighted by atomic mass is 32.1. The van der Waals surface area contributed by atoms with Gasteiger partial charge in [0, 0.05) is 24.8 Å². The Kier molecular flexibility index (Phi) is 5.76. The van der Waals surface area contributed by atoms with Crippen molar-refractivity contribution in [3.05, 3.63) is 83.8 Å². The number of rotatable bonds is 6. The molecule has 2 atom stereocenters. The number of benzene rings is 1. The summed E-state index contributed by atoms with van der Waals surface area (Å²) in [5, 5.41) is 6.64. The van der Waals surface area contributed by atoms with Gasteiger partial charge in [0.05, 0.1) is 11.7 Å². The van der Waals surface area contributed by atoms with Crippen molar-refractivity contribution in [1.29, 1.82) is 0 Å². The second-order valence-electron chi connectivity index (χ2n) is 7.07. The fraction of sp³-hybridized carbons (Fsp3) is 0.227. The van der Waals surface area contributed by atoms with Crippen LogP contribution in [-0.4, -0.2) is 27.4 Å². The number of carbonyl (C=O) groups excluding carboxylic acids is 1. The third-order valence-electron chi connectivity index (χ3n) is 4.96. The van der Waals surface area contributed by atoms with Crippen molar-refractivity contribution in [3.8, 4) is 0 Å². The number of carbonyl (C=O) groups is 1. The Bertz CT molecular complexity index is 1040. The highest BCUT2D eigenvalue weighted by Gasteiger charge is 2.41. The van der Waals surface area contributed by atoms with Crippen LogP contribution in [0.3, 0.4) is 0 Å². The van der Waals surface area contributed by atoms with Gasteiger partial charge in [-0.1, -0.05) is 6.07 Å². The average molecular weight is 425 g/mol. The molecular formula is C22H21FN4O2S. The SMILES string of the molecule is Cc1ccc(C2C(c3ccccn3)NC(=S)N2CCC(=O)Nc2ccc(F)cc2)o1. The number of hydrogen-bond acceptors (Lipinski definition) is 4. The van der Waals surface area contributed by atoms with E-state index in [1.54, 1.807) is 6.20 Å². The van der Waals surface area contributed by atoms with Crippen LogP contribution in [0.4, 0.5) is 10.1 Å². The lowest BCUT2D eigenvalue weighted by Gasteiger charge is -2.25. The van der Waals surface area contributed by atoms with E-state index in [9.17, 15) is 9.18 Å². The third kappa shape index (κ3) is 4.33. The molecular weight excluding hydrogens is 403 g/mol. The van der Waals surface area contributed by atoms with Crippen molar-refractivity contribution < 1.29 is 13.6 Å². The van der Waals surface area contributed by atoms with E-state index < -0.39 is 0 Å². The van der Waals surface area contributed by atoms with Crippen LogP contribution in [0.5, 0.6) is 0 Å². The van der Waals surface area contributed by atoms with Crippen LogP contribution in [0.15, 0.2) is 65.2 Å². The molecule has 4 rings (SSSR count). The van der Waals surface area contributed by atoms with Gasteiger partial charge >= 0.3 is 0 Å². The van der Waals surface area contributed by atoms with E-state index in [0.717, 1.165) is 17.2 Å². The molecule has 0 aliphatic carbocycles. The molecule has 0 radical (unpaired) electrons. The molecule has 3 heterocycles. The Morgan fingerprint density at radius 3 is 2.70 bits per heavy atom. The minimum absolute atomic E-state index is 0.180. The summed E-state index contributed by atoms with van der Waals surface area (Å²) in [6.45, 7) is 2.28. The first-order valence-corrected chi connectivity index (χ1v) is 10.0. The number of thiocarbonyl (C=S) groups is 1. The fourth-order valence-electron chi connectivity index (χ4n) is 3.55. The summed E-state index contributed by atoms with van der Waals surface area (Å²) in [4.78, 5) is 18.9. The summed E-state index contributed by atoms with van der Waals surface area (Å²) in [6.07, 6.45) is 1.95. The highest BCUT2D eigenvalue weighted by molar-refractivity contribution is 7.80. The van der Waals surface area contributed by atoms with Crippen molar-refractivity contribution in [3.63, 3.8) is 0 Å². The summed E-state index contributed by atoms with van der Waals surface area (Å²) in [6, 6.07) is 14.8. The van der Waals surface area contributed by atoms with E-state index in [1.165, 1.54) is 24.3 Å². The zero-order chi connectivity index (χ0) is 21.1. The molecule has 1 aliphatic heterocycles. The summed E-state index contributed by atoms with van der Waals surface area (Å²) in [5.41, 5.74) is 1.39. The van der Waals surface area contributed by atoms with Gasteiger partial charge in [-0.3, -0.25) is 9.78 Å². The number of halogens is 1. The van der Waals surface area contributed by atoms with Crippen molar-refractivity contribution in [1.82, 2.24) is 15.2 Å². The minimum atomic E-state index is -0.348. The molecule has 1 aliphatic rings. The molecule has 0 spiro atoms. The van der Waals surface area contributed by atoms with E-state index in [1.807, 2.05) is 42.2 Å². The number of amides is 1.